The minimum atomic E-state index is -4.52. The number of carbonyl (C=O) groups is 1. The van der Waals surface area contributed by atoms with Gasteiger partial charge in [-0.05, 0) is 37.2 Å². The molecule has 0 atom stereocenters. The Morgan fingerprint density at radius 3 is 2.58 bits per heavy atom. The van der Waals surface area contributed by atoms with Crippen molar-refractivity contribution in [3.63, 3.8) is 0 Å². The summed E-state index contributed by atoms with van der Waals surface area (Å²) in [5, 5.41) is 9.00. The monoisotopic (exact) mass is 289 g/mol. The van der Waals surface area contributed by atoms with E-state index in [1.54, 1.807) is 13.0 Å². The Kier molecular flexibility index (Phi) is 4.84. The Morgan fingerprint density at radius 1 is 1.47 bits per heavy atom. The van der Waals surface area contributed by atoms with Crippen molar-refractivity contribution in [3.05, 3.63) is 28.8 Å². The second-order valence-corrected chi connectivity index (χ2v) is 4.62. The Bertz CT molecular complexity index is 535. The number of thioether (sulfide) groups is 1. The number of nitrogens with zero attached hydrogens (tertiary/aromatic N) is 1. The third-order valence-corrected chi connectivity index (χ3v) is 2.98. The molecule has 0 saturated heterocycles. The summed E-state index contributed by atoms with van der Waals surface area (Å²) in [5.41, 5.74) is -4.53. The van der Waals surface area contributed by atoms with E-state index in [0.29, 0.717) is 5.56 Å². The maximum absolute atomic E-state index is 12.4. The number of hydrogen-bond acceptors (Lipinski definition) is 4. The molecule has 3 nitrogen and oxygen atoms in total. The van der Waals surface area contributed by atoms with Crippen molar-refractivity contribution in [3.8, 4) is 6.07 Å². The van der Waals surface area contributed by atoms with Gasteiger partial charge in [-0.2, -0.15) is 18.4 Å². The molecule has 0 bridgehead atoms. The molecule has 0 fully saturated rings. The van der Waals surface area contributed by atoms with E-state index in [0.717, 1.165) is 0 Å². The number of hydrogen-bond donors (Lipinski definition) is 0. The number of aryl methyl sites for hydroxylation is 1. The van der Waals surface area contributed by atoms with Crippen LogP contribution < -0.4 is 0 Å². The molecular weight excluding hydrogens is 279 g/mol. The number of rotatable bonds is 3. The maximum Gasteiger partial charge on any atom is 0.446 e. The molecule has 1 aromatic carbocycles. The average molecular weight is 289 g/mol. The van der Waals surface area contributed by atoms with Gasteiger partial charge in [0.2, 0.25) is 0 Å². The zero-order valence-electron chi connectivity index (χ0n) is 10.2. The first-order valence-electron chi connectivity index (χ1n) is 5.26. The third-order valence-electron chi connectivity index (χ3n) is 2.19. The van der Waals surface area contributed by atoms with E-state index in [9.17, 15) is 18.0 Å². The van der Waals surface area contributed by atoms with Crippen LogP contribution in [0.5, 0.6) is 0 Å². The van der Waals surface area contributed by atoms with Crippen LogP contribution in [0.4, 0.5) is 13.2 Å². The molecule has 19 heavy (non-hydrogen) atoms. The molecule has 0 aliphatic heterocycles. The molecule has 0 aliphatic carbocycles. The lowest BCUT2D eigenvalue weighted by atomic mass is 10.0. The molecule has 7 heteroatoms. The second-order valence-electron chi connectivity index (χ2n) is 3.51. The Hall–Kier alpha value is -1.68. The third kappa shape index (κ3) is 3.89. The second kappa shape index (κ2) is 5.97. The van der Waals surface area contributed by atoms with Gasteiger partial charge in [0.25, 0.3) is 0 Å². The largest absolute Gasteiger partial charge is 0.462 e. The summed E-state index contributed by atoms with van der Waals surface area (Å²) < 4.78 is 41.9. The van der Waals surface area contributed by atoms with Crippen LogP contribution in [-0.2, 0) is 4.74 Å². The summed E-state index contributed by atoms with van der Waals surface area (Å²) in [6.07, 6.45) is 0. The van der Waals surface area contributed by atoms with Gasteiger partial charge in [-0.25, -0.2) is 4.79 Å². The number of esters is 1. The van der Waals surface area contributed by atoms with Crippen molar-refractivity contribution >= 4 is 17.7 Å². The predicted molar refractivity (Wildman–Crippen MR) is 63.8 cm³/mol. The van der Waals surface area contributed by atoms with Crippen LogP contribution in [0, 0.1) is 18.3 Å². The smallest absolute Gasteiger partial charge is 0.446 e. The van der Waals surface area contributed by atoms with E-state index in [2.05, 4.69) is 0 Å². The van der Waals surface area contributed by atoms with Crippen LogP contribution in [0.3, 0.4) is 0 Å². The lowest BCUT2D eigenvalue weighted by Crippen LogP contribution is -2.11. The highest BCUT2D eigenvalue weighted by Gasteiger charge is 2.32. The molecule has 0 radical (unpaired) electrons. The zero-order valence-corrected chi connectivity index (χ0v) is 11.0. The SMILES string of the molecule is CCOC(=O)c1c(C)ccc(SC(F)(F)F)c1C#N. The first kappa shape index (κ1) is 15.4. The highest BCUT2D eigenvalue weighted by molar-refractivity contribution is 8.00. The molecule has 1 aromatic rings. The van der Waals surface area contributed by atoms with E-state index in [4.69, 9.17) is 10.00 Å². The lowest BCUT2D eigenvalue weighted by molar-refractivity contribution is -0.0328. The number of halogens is 3. The van der Waals surface area contributed by atoms with Gasteiger partial charge in [0, 0.05) is 4.90 Å². The van der Waals surface area contributed by atoms with Crippen molar-refractivity contribution in [2.24, 2.45) is 0 Å². The van der Waals surface area contributed by atoms with Gasteiger partial charge in [0.05, 0.1) is 17.7 Å². The standard InChI is InChI=1S/C12H10F3NO2S/c1-3-18-11(17)10-7(2)4-5-9(8(10)6-16)19-12(13,14)15/h4-5H,3H2,1-2H3. The van der Waals surface area contributed by atoms with Gasteiger partial charge in [0.15, 0.2) is 0 Å². The molecule has 0 N–H and O–H groups in total. The van der Waals surface area contributed by atoms with Crippen LogP contribution in [-0.4, -0.2) is 18.1 Å². The molecule has 0 heterocycles. The molecule has 0 unspecified atom stereocenters. The fourth-order valence-corrected chi connectivity index (χ4v) is 2.11. The summed E-state index contributed by atoms with van der Waals surface area (Å²) in [4.78, 5) is 11.4. The summed E-state index contributed by atoms with van der Waals surface area (Å²) in [5.74, 6) is -0.791. The van der Waals surface area contributed by atoms with Crippen molar-refractivity contribution < 1.29 is 22.7 Å². The molecule has 0 amide bonds. The summed E-state index contributed by atoms with van der Waals surface area (Å²) in [6, 6.07) is 4.18. The van der Waals surface area contributed by atoms with E-state index in [1.807, 2.05) is 0 Å². The van der Waals surface area contributed by atoms with Crippen molar-refractivity contribution in [2.75, 3.05) is 6.61 Å². The van der Waals surface area contributed by atoms with Crippen LogP contribution >= 0.6 is 11.8 Å². The number of benzene rings is 1. The van der Waals surface area contributed by atoms with Gasteiger partial charge in [-0.3, -0.25) is 0 Å². The van der Waals surface area contributed by atoms with Crippen molar-refractivity contribution in [1.82, 2.24) is 0 Å². The number of alkyl halides is 3. The van der Waals surface area contributed by atoms with Crippen molar-refractivity contribution in [1.29, 1.82) is 5.26 Å². The van der Waals surface area contributed by atoms with Crippen molar-refractivity contribution in [2.45, 2.75) is 24.3 Å². The topological polar surface area (TPSA) is 50.1 Å². The molecule has 102 valence electrons. The number of carbonyl (C=O) groups excluding carboxylic acids is 1. The van der Waals surface area contributed by atoms with E-state index >= 15 is 0 Å². The summed E-state index contributed by atoms with van der Waals surface area (Å²) >= 11 is -0.420. The van der Waals surface area contributed by atoms with E-state index in [1.165, 1.54) is 19.1 Å². The summed E-state index contributed by atoms with van der Waals surface area (Å²) in [6.45, 7) is 3.20. The molecular formula is C12H10F3NO2S. The Morgan fingerprint density at radius 2 is 2.11 bits per heavy atom. The molecule has 0 aliphatic rings. The molecule has 0 saturated carbocycles. The minimum absolute atomic E-state index is 0.0831. The normalized spacial score (nSPS) is 10.9. The van der Waals surface area contributed by atoms with Crippen LogP contribution in [0.25, 0.3) is 0 Å². The predicted octanol–water partition coefficient (Wildman–Crippen LogP) is 3.66. The molecule has 1 rings (SSSR count). The van der Waals surface area contributed by atoms with Crippen LogP contribution in [0.2, 0.25) is 0 Å². The number of ether oxygens (including phenoxy) is 1. The Labute approximate surface area is 112 Å². The van der Waals surface area contributed by atoms with E-state index in [-0.39, 0.29) is 22.6 Å². The number of nitriles is 1. The maximum atomic E-state index is 12.4. The highest BCUT2D eigenvalue weighted by Crippen LogP contribution is 2.39. The van der Waals surface area contributed by atoms with Gasteiger partial charge in [0.1, 0.15) is 6.07 Å². The fourth-order valence-electron chi connectivity index (χ4n) is 1.47. The summed E-state index contributed by atoms with van der Waals surface area (Å²) in [7, 11) is 0. The van der Waals surface area contributed by atoms with E-state index < -0.39 is 23.2 Å². The lowest BCUT2D eigenvalue weighted by Gasteiger charge is -2.12. The first-order chi connectivity index (χ1) is 8.80. The minimum Gasteiger partial charge on any atom is -0.462 e. The fraction of sp³-hybridized carbons (Fsp3) is 0.333. The van der Waals surface area contributed by atoms with Gasteiger partial charge < -0.3 is 4.74 Å². The van der Waals surface area contributed by atoms with Crippen LogP contribution in [0.1, 0.15) is 28.4 Å². The highest BCUT2D eigenvalue weighted by atomic mass is 32.2. The van der Waals surface area contributed by atoms with Crippen LogP contribution in [0.15, 0.2) is 17.0 Å². The van der Waals surface area contributed by atoms with Gasteiger partial charge in [-0.15, -0.1) is 0 Å². The molecule has 0 spiro atoms. The average Bonchev–Trinajstić information content (AvgIpc) is 2.29. The molecule has 0 aromatic heterocycles. The first-order valence-corrected chi connectivity index (χ1v) is 6.08. The Balaban J connectivity index is 3.35. The van der Waals surface area contributed by atoms with Gasteiger partial charge >= 0.3 is 11.5 Å². The quantitative estimate of drug-likeness (QED) is 0.629. The zero-order chi connectivity index (χ0) is 14.6. The van der Waals surface area contributed by atoms with Gasteiger partial charge in [-0.1, -0.05) is 6.07 Å².